The summed E-state index contributed by atoms with van der Waals surface area (Å²) in [5.41, 5.74) is 7.55. The van der Waals surface area contributed by atoms with Crippen LogP contribution < -0.4 is 16.4 Å². The summed E-state index contributed by atoms with van der Waals surface area (Å²) in [6.45, 7) is 3.28. The van der Waals surface area contributed by atoms with Gasteiger partial charge < -0.3 is 10.5 Å². The SMILES string of the molecule is CC(C)[C@@H](C(=O)Nc1n[nH]c(=S)s1)N(C(=O)OCc1ccccc1)C(=O)[C@H](CCC(N)=O)NC(c1ccccc1)(c1ccccc1)c1ccccc1. The lowest BCUT2D eigenvalue weighted by atomic mass is 9.76. The number of hydrogen-bond acceptors (Lipinski definition) is 9. The lowest BCUT2D eigenvalue weighted by molar-refractivity contribution is -0.140. The van der Waals surface area contributed by atoms with Crippen molar-refractivity contribution in [1.29, 1.82) is 0 Å². The molecule has 5 aromatic rings. The molecular formula is C39H40N6O5S2. The molecule has 4 amide bonds. The molecule has 1 heterocycles. The molecule has 0 aliphatic rings. The van der Waals surface area contributed by atoms with Crippen LogP contribution in [-0.4, -0.2) is 51.0 Å². The van der Waals surface area contributed by atoms with E-state index in [4.69, 9.17) is 22.7 Å². The Labute approximate surface area is 311 Å². The Morgan fingerprint density at radius 3 is 1.79 bits per heavy atom. The number of aromatic amines is 1. The van der Waals surface area contributed by atoms with Crippen LogP contribution in [0.1, 0.15) is 48.9 Å². The Balaban J connectivity index is 1.65. The van der Waals surface area contributed by atoms with Crippen LogP contribution in [0.25, 0.3) is 0 Å². The number of nitrogens with one attached hydrogen (secondary N) is 3. The zero-order chi connectivity index (χ0) is 37.1. The van der Waals surface area contributed by atoms with Crippen molar-refractivity contribution in [2.45, 2.75) is 50.9 Å². The Hall–Kier alpha value is -5.50. The standard InChI is InChI=1S/C39H40N6O5S2/c1-26(2)33(34(47)41-36-43-44-37(51)52-36)45(38(49)50-25-27-15-7-3-8-16-27)35(48)31(23-24-32(40)46)42-39(28-17-9-4-10-18-28,29-19-11-5-12-20-29)30-21-13-6-14-22-30/h3-22,26,31,33,42H,23-25H2,1-2H3,(H2,40,46)(H,44,51)(H,41,43,47)/t31-,33-/m0/s1. The number of anilines is 1. The summed E-state index contributed by atoms with van der Waals surface area (Å²) >= 11 is 6.17. The van der Waals surface area contributed by atoms with Crippen LogP contribution in [0.15, 0.2) is 121 Å². The molecule has 0 bridgehead atoms. The normalized spacial score (nSPS) is 12.4. The molecule has 0 spiro atoms. The number of primary amides is 1. The van der Waals surface area contributed by atoms with Gasteiger partial charge in [0.2, 0.25) is 22.9 Å². The second-order valence-electron chi connectivity index (χ2n) is 12.4. The molecule has 5 N–H and O–H groups in total. The second kappa shape index (κ2) is 17.6. The third kappa shape index (κ3) is 9.04. The predicted octanol–water partition coefficient (Wildman–Crippen LogP) is 6.54. The number of H-pyrrole nitrogens is 1. The van der Waals surface area contributed by atoms with Crippen LogP contribution in [0.3, 0.4) is 0 Å². The molecule has 0 saturated heterocycles. The van der Waals surface area contributed by atoms with Crippen LogP contribution in [0.5, 0.6) is 0 Å². The molecule has 4 aromatic carbocycles. The molecule has 5 rings (SSSR count). The van der Waals surface area contributed by atoms with Gasteiger partial charge in [-0.05, 0) is 46.8 Å². The maximum Gasteiger partial charge on any atom is 0.417 e. The minimum atomic E-state index is -1.36. The van der Waals surface area contributed by atoms with Gasteiger partial charge in [-0.25, -0.2) is 9.69 Å². The summed E-state index contributed by atoms with van der Waals surface area (Å²) < 4.78 is 6.07. The minimum absolute atomic E-state index is 0.0991. The van der Waals surface area contributed by atoms with Gasteiger partial charge in [-0.1, -0.05) is 147 Å². The van der Waals surface area contributed by atoms with Crippen molar-refractivity contribution in [2.24, 2.45) is 11.7 Å². The number of amides is 4. The predicted molar refractivity (Wildman–Crippen MR) is 203 cm³/mol. The number of hydrogen-bond donors (Lipinski definition) is 4. The monoisotopic (exact) mass is 736 g/mol. The molecule has 0 saturated carbocycles. The van der Waals surface area contributed by atoms with Crippen LogP contribution in [0, 0.1) is 9.87 Å². The smallest absolute Gasteiger partial charge is 0.417 e. The first kappa shape index (κ1) is 37.7. The Bertz CT molecular complexity index is 1910. The fraction of sp³-hybridized carbons (Fsp3) is 0.231. The van der Waals surface area contributed by atoms with E-state index in [9.17, 15) is 14.4 Å². The van der Waals surface area contributed by atoms with Crippen molar-refractivity contribution in [2.75, 3.05) is 5.32 Å². The quantitative estimate of drug-likeness (QED) is 0.0696. The maximum atomic E-state index is 15.2. The zero-order valence-corrected chi connectivity index (χ0v) is 30.4. The summed E-state index contributed by atoms with van der Waals surface area (Å²) in [6.07, 6.45) is -1.33. The first-order valence-electron chi connectivity index (χ1n) is 16.7. The van der Waals surface area contributed by atoms with Crippen molar-refractivity contribution in [3.8, 4) is 0 Å². The summed E-state index contributed by atoms with van der Waals surface area (Å²) in [4.78, 5) is 56.6. The number of imide groups is 1. The summed E-state index contributed by atoms with van der Waals surface area (Å²) in [5.74, 6) is -2.68. The van der Waals surface area contributed by atoms with Crippen molar-refractivity contribution < 1.29 is 23.9 Å². The van der Waals surface area contributed by atoms with Gasteiger partial charge in [-0.2, -0.15) is 0 Å². The Morgan fingerprint density at radius 2 is 1.35 bits per heavy atom. The van der Waals surface area contributed by atoms with Crippen molar-refractivity contribution in [1.82, 2.24) is 20.4 Å². The summed E-state index contributed by atoms with van der Waals surface area (Å²) in [7, 11) is 0. The van der Waals surface area contributed by atoms with Gasteiger partial charge in [0, 0.05) is 6.42 Å². The molecule has 13 heteroatoms. The largest absolute Gasteiger partial charge is 0.444 e. The van der Waals surface area contributed by atoms with E-state index < -0.39 is 47.4 Å². The molecule has 2 atom stereocenters. The van der Waals surface area contributed by atoms with E-state index in [0.717, 1.165) is 32.9 Å². The molecular weight excluding hydrogens is 697 g/mol. The highest BCUT2D eigenvalue weighted by Gasteiger charge is 2.45. The highest BCUT2D eigenvalue weighted by atomic mass is 32.1. The van der Waals surface area contributed by atoms with E-state index in [-0.39, 0.29) is 24.6 Å². The van der Waals surface area contributed by atoms with E-state index in [1.807, 2.05) is 97.1 Å². The first-order valence-corrected chi connectivity index (χ1v) is 17.9. The lowest BCUT2D eigenvalue weighted by Crippen LogP contribution is -2.61. The van der Waals surface area contributed by atoms with E-state index in [2.05, 4.69) is 20.8 Å². The van der Waals surface area contributed by atoms with E-state index >= 15 is 4.79 Å². The highest BCUT2D eigenvalue weighted by molar-refractivity contribution is 7.73. The molecule has 0 aliphatic heterocycles. The average Bonchev–Trinajstić information content (AvgIpc) is 3.57. The van der Waals surface area contributed by atoms with E-state index in [0.29, 0.717) is 9.52 Å². The zero-order valence-electron chi connectivity index (χ0n) is 28.7. The fourth-order valence-corrected chi connectivity index (χ4v) is 6.89. The highest BCUT2D eigenvalue weighted by Crippen LogP contribution is 2.38. The summed E-state index contributed by atoms with van der Waals surface area (Å²) in [5, 5.41) is 13.1. The number of benzene rings is 4. The van der Waals surface area contributed by atoms with Crippen molar-refractivity contribution in [3.05, 3.63) is 148 Å². The number of carbonyl (C=O) groups excluding carboxylic acids is 4. The van der Waals surface area contributed by atoms with Crippen LogP contribution >= 0.6 is 23.6 Å². The Morgan fingerprint density at radius 1 is 0.846 bits per heavy atom. The van der Waals surface area contributed by atoms with Gasteiger partial charge >= 0.3 is 6.09 Å². The Kier molecular flexibility index (Phi) is 12.8. The second-order valence-corrected chi connectivity index (χ2v) is 14.1. The van der Waals surface area contributed by atoms with Gasteiger partial charge in [0.05, 0.1) is 11.6 Å². The third-order valence-corrected chi connectivity index (χ3v) is 9.48. The average molecular weight is 737 g/mol. The first-order chi connectivity index (χ1) is 25.1. The number of ether oxygens (including phenoxy) is 1. The van der Waals surface area contributed by atoms with Crippen molar-refractivity contribution in [3.63, 3.8) is 0 Å². The third-order valence-electron chi connectivity index (χ3n) is 8.47. The minimum Gasteiger partial charge on any atom is -0.444 e. The van der Waals surface area contributed by atoms with E-state index in [1.54, 1.807) is 38.1 Å². The molecule has 0 unspecified atom stereocenters. The van der Waals surface area contributed by atoms with Crippen LogP contribution in [0.4, 0.5) is 9.93 Å². The lowest BCUT2D eigenvalue weighted by Gasteiger charge is -2.41. The number of nitrogens with zero attached hydrogens (tertiary/aromatic N) is 2. The topological polar surface area (TPSA) is 160 Å². The number of aromatic nitrogens is 2. The van der Waals surface area contributed by atoms with Gasteiger partial charge in [0.15, 0.2) is 3.95 Å². The summed E-state index contributed by atoms with van der Waals surface area (Å²) in [6, 6.07) is 35.1. The van der Waals surface area contributed by atoms with Crippen LogP contribution in [0.2, 0.25) is 0 Å². The van der Waals surface area contributed by atoms with Crippen LogP contribution in [-0.2, 0) is 31.3 Å². The molecule has 1 aromatic heterocycles. The fourth-order valence-electron chi connectivity index (χ4n) is 6.10. The van der Waals surface area contributed by atoms with Gasteiger partial charge in [0.25, 0.3) is 0 Å². The van der Waals surface area contributed by atoms with Gasteiger partial charge in [-0.3, -0.25) is 30.1 Å². The van der Waals surface area contributed by atoms with Gasteiger partial charge in [-0.15, -0.1) is 5.10 Å². The molecule has 11 nitrogen and oxygen atoms in total. The van der Waals surface area contributed by atoms with E-state index in [1.165, 1.54) is 0 Å². The molecule has 52 heavy (non-hydrogen) atoms. The maximum absolute atomic E-state index is 15.2. The molecule has 0 fully saturated rings. The molecule has 0 aliphatic carbocycles. The molecule has 0 radical (unpaired) electrons. The molecule has 268 valence electrons. The van der Waals surface area contributed by atoms with Crippen molar-refractivity contribution >= 4 is 52.5 Å². The number of nitrogens with two attached hydrogens (primary N) is 1. The number of carbonyl (C=O) groups is 4. The van der Waals surface area contributed by atoms with Gasteiger partial charge in [0.1, 0.15) is 12.6 Å². The number of rotatable bonds is 15.